The normalized spacial score (nSPS) is 16.9. The minimum Gasteiger partial charge on any atom is -0.453 e. The van der Waals surface area contributed by atoms with Crippen LogP contribution in [0.3, 0.4) is 0 Å². The number of rotatable bonds is 13. The number of esters is 1. The largest absolute Gasteiger partial charge is 0.460 e. The topological polar surface area (TPSA) is 26.3 Å². The van der Waals surface area contributed by atoms with E-state index >= 15 is 0 Å². The van der Waals surface area contributed by atoms with Gasteiger partial charge in [0.25, 0.3) is 0 Å². The number of alkyl halides is 25. The van der Waals surface area contributed by atoms with E-state index in [1.165, 1.54) is 0 Å². The highest BCUT2D eigenvalue weighted by molar-refractivity contribution is 5.87. The van der Waals surface area contributed by atoms with Crippen LogP contribution in [0.4, 0.5) is 110 Å². The third-order valence-corrected chi connectivity index (χ3v) is 5.47. The van der Waals surface area contributed by atoms with Gasteiger partial charge in [-0.05, 0) is 13.8 Å². The quantitative estimate of drug-likeness (QED) is 0.107. The molecule has 0 aromatic carbocycles. The Morgan fingerprint density at radius 3 is 0.844 bits per heavy atom. The highest BCUT2D eigenvalue weighted by Gasteiger charge is 2.99. The minimum absolute atomic E-state index is 0.510. The molecule has 45 heavy (non-hydrogen) atoms. The van der Waals surface area contributed by atoms with Crippen molar-refractivity contribution in [3.05, 3.63) is 12.2 Å². The van der Waals surface area contributed by atoms with Gasteiger partial charge in [0.1, 0.15) is 0 Å². The van der Waals surface area contributed by atoms with Gasteiger partial charge in [-0.1, -0.05) is 6.58 Å². The molecule has 0 saturated heterocycles. The van der Waals surface area contributed by atoms with Crippen molar-refractivity contribution in [1.82, 2.24) is 0 Å². The van der Waals surface area contributed by atoms with Crippen molar-refractivity contribution in [3.8, 4) is 0 Å². The predicted octanol–water partition coefficient (Wildman–Crippen LogP) is 9.04. The van der Waals surface area contributed by atoms with Crippen LogP contribution >= 0.6 is 0 Å². The summed E-state index contributed by atoms with van der Waals surface area (Å²) >= 11 is 0. The molecule has 2 nitrogen and oxygen atoms in total. The van der Waals surface area contributed by atoms with Crippen LogP contribution in [-0.2, 0) is 9.53 Å². The van der Waals surface area contributed by atoms with Crippen molar-refractivity contribution in [3.63, 3.8) is 0 Å². The van der Waals surface area contributed by atoms with Gasteiger partial charge in [0.15, 0.2) is 6.10 Å². The second-order valence-corrected chi connectivity index (χ2v) is 8.69. The van der Waals surface area contributed by atoms with Crippen LogP contribution in [0.25, 0.3) is 0 Å². The summed E-state index contributed by atoms with van der Waals surface area (Å²) in [6, 6.07) is 0. The molecule has 0 spiro atoms. The molecule has 0 saturated carbocycles. The monoisotopic (exact) mass is 732 g/mol. The molecule has 0 aromatic heterocycles. The Hall–Kier alpha value is -2.54. The Balaban J connectivity index is 7.33. The molecule has 27 heteroatoms. The van der Waals surface area contributed by atoms with Crippen LogP contribution in [0.15, 0.2) is 12.2 Å². The highest BCUT2D eigenvalue weighted by atomic mass is 19.4. The molecule has 1 atom stereocenters. The average molecular weight is 732 g/mol. The van der Waals surface area contributed by atoms with Gasteiger partial charge in [0.05, 0.1) is 0 Å². The summed E-state index contributed by atoms with van der Waals surface area (Å²) in [4.78, 5) is 11.1. The van der Waals surface area contributed by atoms with Crippen molar-refractivity contribution in [2.24, 2.45) is 0 Å². The van der Waals surface area contributed by atoms with Crippen molar-refractivity contribution >= 4 is 5.97 Å². The van der Waals surface area contributed by atoms with E-state index in [-0.39, 0.29) is 0 Å². The fraction of sp³-hybridized carbons (Fsp3) is 0.833. The minimum atomic E-state index is -9.65. The lowest BCUT2D eigenvalue weighted by atomic mass is 9.84. The van der Waals surface area contributed by atoms with E-state index in [1.54, 1.807) is 0 Å². The van der Waals surface area contributed by atoms with Crippen LogP contribution < -0.4 is 0 Å². The number of carbonyl (C=O) groups is 1. The van der Waals surface area contributed by atoms with Gasteiger partial charge in [-0.25, -0.2) is 4.79 Å². The molecule has 0 aromatic rings. The van der Waals surface area contributed by atoms with Crippen LogP contribution in [0.1, 0.15) is 13.8 Å². The third kappa shape index (κ3) is 5.29. The lowest BCUT2D eigenvalue weighted by Crippen LogP contribution is -2.78. The first kappa shape index (κ1) is 42.5. The van der Waals surface area contributed by atoms with Crippen LogP contribution in [0, 0.1) is 0 Å². The Morgan fingerprint density at radius 2 is 0.644 bits per heavy atom. The molecule has 0 radical (unpaired) electrons. The van der Waals surface area contributed by atoms with E-state index in [9.17, 15) is 115 Å². The SMILES string of the molecule is C=C(C)C(=O)OC(C)C(F)(F)C(F)(F)C(F)(F)C(F)(F)C(F)(F)C(F)(F)C(F)(F)C(F)(F)C(F)(F)C(F)(F)C(F)(F)C(F)(F)F. The zero-order valence-corrected chi connectivity index (χ0v) is 20.6. The van der Waals surface area contributed by atoms with E-state index in [0.29, 0.717) is 6.92 Å². The zero-order valence-electron chi connectivity index (χ0n) is 20.6. The first-order valence-electron chi connectivity index (χ1n) is 10.1. The second-order valence-electron chi connectivity index (χ2n) is 8.69. The number of hydrogen-bond donors (Lipinski definition) is 0. The second kappa shape index (κ2) is 10.7. The van der Waals surface area contributed by atoms with Gasteiger partial charge < -0.3 is 4.74 Å². The van der Waals surface area contributed by atoms with Gasteiger partial charge >= 0.3 is 77.3 Å². The molecule has 0 aliphatic heterocycles. The summed E-state index contributed by atoms with van der Waals surface area (Å²) < 4.78 is 339. The highest BCUT2D eigenvalue weighted by Crippen LogP contribution is 2.67. The maximum absolute atomic E-state index is 13.9. The van der Waals surface area contributed by atoms with E-state index in [2.05, 4.69) is 11.3 Å². The average Bonchev–Trinajstić information content (AvgIpc) is 2.81. The molecule has 0 rings (SSSR count). The molecule has 0 bridgehead atoms. The van der Waals surface area contributed by atoms with Gasteiger partial charge in [-0.2, -0.15) is 110 Å². The summed E-state index contributed by atoms with van der Waals surface area (Å²) in [5.41, 5.74) is -1.07. The molecule has 0 heterocycles. The summed E-state index contributed by atoms with van der Waals surface area (Å²) in [7, 11) is 0. The molecule has 0 aliphatic rings. The van der Waals surface area contributed by atoms with Crippen LogP contribution in [0.5, 0.6) is 0 Å². The van der Waals surface area contributed by atoms with Crippen LogP contribution in [0.2, 0.25) is 0 Å². The molecule has 0 aliphatic carbocycles. The van der Waals surface area contributed by atoms with Crippen molar-refractivity contribution < 1.29 is 119 Å². The standard InChI is InChI=1S/C18H9F25O2/c1-4(2)6(44)45-5(3)7(19,20)8(21,22)9(23,24)10(25,26)11(27,28)12(29,30)13(31,32)14(33,34)15(35,36)16(37,38)17(39,40)18(41,42)43/h5H,1H2,2-3H3. The molecule has 0 amide bonds. The molecule has 268 valence electrons. The first-order valence-corrected chi connectivity index (χ1v) is 10.1. The maximum atomic E-state index is 13.9. The van der Waals surface area contributed by atoms with Crippen molar-refractivity contribution in [2.75, 3.05) is 0 Å². The number of hydrogen-bond acceptors (Lipinski definition) is 2. The van der Waals surface area contributed by atoms with Crippen molar-refractivity contribution in [1.29, 1.82) is 0 Å². The molecule has 0 N–H and O–H groups in total. The van der Waals surface area contributed by atoms with Crippen LogP contribution in [-0.4, -0.2) is 83.4 Å². The first-order chi connectivity index (χ1) is 19.0. The Morgan fingerprint density at radius 1 is 0.444 bits per heavy atom. The summed E-state index contributed by atoms with van der Waals surface area (Å²) in [5.74, 6) is -102. The number of halogens is 25. The number of ether oxygens (including phenoxy) is 1. The predicted molar refractivity (Wildman–Crippen MR) is 90.8 cm³/mol. The summed E-state index contributed by atoms with van der Waals surface area (Å²) in [6.07, 6.45) is -12.4. The lowest BCUT2D eigenvalue weighted by Gasteiger charge is -2.45. The Kier molecular flexibility index (Phi) is 10.1. The fourth-order valence-electron chi connectivity index (χ4n) is 2.56. The van der Waals surface area contributed by atoms with E-state index in [1.807, 2.05) is 0 Å². The molecule has 1 unspecified atom stereocenters. The molecular formula is C18H9F25O2. The Labute approximate surface area is 230 Å². The lowest BCUT2D eigenvalue weighted by molar-refractivity contribution is -0.482. The van der Waals surface area contributed by atoms with E-state index < -0.39 is 95.9 Å². The van der Waals surface area contributed by atoms with E-state index in [0.717, 1.165) is 0 Å². The molecule has 0 fully saturated rings. The van der Waals surface area contributed by atoms with Gasteiger partial charge in [-0.15, -0.1) is 0 Å². The molecular weight excluding hydrogens is 723 g/mol. The number of carbonyl (C=O) groups excluding carboxylic acids is 1. The van der Waals surface area contributed by atoms with E-state index in [4.69, 9.17) is 0 Å². The smallest absolute Gasteiger partial charge is 0.453 e. The third-order valence-electron chi connectivity index (χ3n) is 5.47. The Bertz CT molecular complexity index is 1130. The van der Waals surface area contributed by atoms with Crippen molar-refractivity contribution in [2.45, 2.75) is 91.3 Å². The van der Waals surface area contributed by atoms with Gasteiger partial charge in [0, 0.05) is 5.57 Å². The summed E-state index contributed by atoms with van der Waals surface area (Å²) in [5, 5.41) is 0. The van der Waals surface area contributed by atoms with Gasteiger partial charge in [0.2, 0.25) is 0 Å². The summed E-state index contributed by atoms with van der Waals surface area (Å²) in [6.45, 7) is 2.52. The zero-order chi connectivity index (χ0) is 37.4. The maximum Gasteiger partial charge on any atom is 0.460 e. The van der Waals surface area contributed by atoms with Gasteiger partial charge in [-0.3, -0.25) is 0 Å². The fourth-order valence-corrected chi connectivity index (χ4v) is 2.56.